The first kappa shape index (κ1) is 16.2. The average Bonchev–Trinajstić information content (AvgIpc) is 2.91. The number of nitrogens with zero attached hydrogens (tertiary/aromatic N) is 3. The van der Waals surface area contributed by atoms with Gasteiger partial charge in [-0.1, -0.05) is 18.9 Å². The Balaban J connectivity index is 1.76. The molecule has 6 heteroatoms. The summed E-state index contributed by atoms with van der Waals surface area (Å²) in [6, 6.07) is 9.00. The summed E-state index contributed by atoms with van der Waals surface area (Å²) < 4.78 is 4.75. The number of methoxy groups -OCH3 is 1. The van der Waals surface area contributed by atoms with Gasteiger partial charge in [0.05, 0.1) is 12.7 Å². The van der Waals surface area contributed by atoms with E-state index in [1.165, 1.54) is 32.8 Å². The molecule has 2 aromatic rings. The van der Waals surface area contributed by atoms with Crippen LogP contribution in [0.2, 0.25) is 0 Å². The van der Waals surface area contributed by atoms with Crippen molar-refractivity contribution in [1.29, 1.82) is 0 Å². The molecule has 0 amide bonds. The SMILES string of the molecule is COC(=O)c1cccc(Nc2ccnc(N3CCCCCC3)n2)c1. The lowest BCUT2D eigenvalue weighted by molar-refractivity contribution is 0.0601. The maximum atomic E-state index is 11.6. The lowest BCUT2D eigenvalue weighted by Crippen LogP contribution is -2.26. The second kappa shape index (κ2) is 7.77. The van der Waals surface area contributed by atoms with Gasteiger partial charge in [0.15, 0.2) is 0 Å². The summed E-state index contributed by atoms with van der Waals surface area (Å²) in [6.07, 6.45) is 6.67. The monoisotopic (exact) mass is 326 g/mol. The number of esters is 1. The predicted molar refractivity (Wildman–Crippen MR) is 93.8 cm³/mol. The maximum absolute atomic E-state index is 11.6. The molecule has 1 aromatic carbocycles. The van der Waals surface area contributed by atoms with E-state index in [0.29, 0.717) is 11.4 Å². The molecule has 0 bridgehead atoms. The molecule has 0 spiro atoms. The van der Waals surface area contributed by atoms with Crippen LogP contribution in [0.5, 0.6) is 0 Å². The van der Waals surface area contributed by atoms with E-state index in [4.69, 9.17) is 4.74 Å². The van der Waals surface area contributed by atoms with Gasteiger partial charge in [-0.05, 0) is 37.1 Å². The number of anilines is 3. The Kier molecular flexibility index (Phi) is 5.25. The highest BCUT2D eigenvalue weighted by molar-refractivity contribution is 5.90. The van der Waals surface area contributed by atoms with E-state index >= 15 is 0 Å². The molecule has 126 valence electrons. The molecule has 0 aliphatic carbocycles. The molecule has 3 rings (SSSR count). The number of ether oxygens (including phenoxy) is 1. The minimum Gasteiger partial charge on any atom is -0.465 e. The molecule has 0 unspecified atom stereocenters. The third-order valence-corrected chi connectivity index (χ3v) is 4.09. The van der Waals surface area contributed by atoms with Gasteiger partial charge in [0, 0.05) is 25.0 Å². The van der Waals surface area contributed by atoms with Crippen molar-refractivity contribution in [2.75, 3.05) is 30.4 Å². The zero-order valence-corrected chi connectivity index (χ0v) is 13.9. The standard InChI is InChI=1S/C18H22N4O2/c1-24-17(23)14-7-6-8-15(13-14)20-16-9-10-19-18(21-16)22-11-4-2-3-5-12-22/h6-10,13H,2-5,11-12H2,1H3,(H,19,20,21). The predicted octanol–water partition coefficient (Wildman–Crippen LogP) is 3.39. The molecule has 1 aromatic heterocycles. The maximum Gasteiger partial charge on any atom is 0.337 e. The third-order valence-electron chi connectivity index (χ3n) is 4.09. The fraction of sp³-hybridized carbons (Fsp3) is 0.389. The third kappa shape index (κ3) is 4.01. The van der Waals surface area contributed by atoms with Gasteiger partial charge in [-0.25, -0.2) is 9.78 Å². The Morgan fingerprint density at radius 3 is 2.71 bits per heavy atom. The second-order valence-electron chi connectivity index (χ2n) is 5.84. The van der Waals surface area contributed by atoms with Crippen LogP contribution in [0.4, 0.5) is 17.5 Å². The van der Waals surface area contributed by atoms with Gasteiger partial charge < -0.3 is 15.0 Å². The zero-order valence-electron chi connectivity index (χ0n) is 13.9. The quantitative estimate of drug-likeness (QED) is 0.869. The van der Waals surface area contributed by atoms with Crippen LogP contribution in [0.25, 0.3) is 0 Å². The average molecular weight is 326 g/mol. The van der Waals surface area contributed by atoms with E-state index in [-0.39, 0.29) is 5.97 Å². The summed E-state index contributed by atoms with van der Waals surface area (Å²) in [7, 11) is 1.38. The smallest absolute Gasteiger partial charge is 0.337 e. The molecular weight excluding hydrogens is 304 g/mol. The number of benzene rings is 1. The molecule has 6 nitrogen and oxygen atoms in total. The van der Waals surface area contributed by atoms with Gasteiger partial charge in [0.25, 0.3) is 0 Å². The van der Waals surface area contributed by atoms with Gasteiger partial charge in [-0.15, -0.1) is 0 Å². The van der Waals surface area contributed by atoms with Gasteiger partial charge in [0.1, 0.15) is 5.82 Å². The Labute approximate surface area is 141 Å². The second-order valence-corrected chi connectivity index (χ2v) is 5.84. The van der Waals surface area contributed by atoms with Crippen molar-refractivity contribution >= 4 is 23.4 Å². The summed E-state index contributed by atoms with van der Waals surface area (Å²) in [6.45, 7) is 2.00. The first-order chi connectivity index (χ1) is 11.8. The molecule has 24 heavy (non-hydrogen) atoms. The number of rotatable bonds is 4. The normalized spacial score (nSPS) is 14.8. The van der Waals surface area contributed by atoms with Crippen LogP contribution in [0, 0.1) is 0 Å². The Morgan fingerprint density at radius 1 is 1.17 bits per heavy atom. The number of hydrogen-bond donors (Lipinski definition) is 1. The van der Waals surface area contributed by atoms with Crippen molar-refractivity contribution in [2.24, 2.45) is 0 Å². The minimum atomic E-state index is -0.355. The number of hydrogen-bond acceptors (Lipinski definition) is 6. The van der Waals surface area contributed by atoms with Crippen LogP contribution < -0.4 is 10.2 Å². The molecule has 1 N–H and O–H groups in total. The number of aromatic nitrogens is 2. The van der Waals surface area contributed by atoms with Crippen molar-refractivity contribution < 1.29 is 9.53 Å². The fourth-order valence-electron chi connectivity index (χ4n) is 2.83. The van der Waals surface area contributed by atoms with Gasteiger partial charge >= 0.3 is 5.97 Å². The van der Waals surface area contributed by atoms with Crippen LogP contribution in [0.15, 0.2) is 36.5 Å². The van der Waals surface area contributed by atoms with E-state index in [1.54, 1.807) is 18.3 Å². The number of nitrogens with one attached hydrogen (secondary N) is 1. The Bertz CT molecular complexity index is 697. The summed E-state index contributed by atoms with van der Waals surface area (Å²) in [5.74, 6) is 1.11. The van der Waals surface area contributed by atoms with Crippen LogP contribution >= 0.6 is 0 Å². The van der Waals surface area contributed by atoms with E-state index in [0.717, 1.165) is 24.7 Å². The first-order valence-electron chi connectivity index (χ1n) is 8.29. The molecule has 0 atom stereocenters. The topological polar surface area (TPSA) is 67.3 Å². The van der Waals surface area contributed by atoms with Crippen LogP contribution in [-0.2, 0) is 4.74 Å². The van der Waals surface area contributed by atoms with Crippen molar-refractivity contribution in [2.45, 2.75) is 25.7 Å². The van der Waals surface area contributed by atoms with Gasteiger partial charge in [-0.3, -0.25) is 0 Å². The van der Waals surface area contributed by atoms with Crippen molar-refractivity contribution in [1.82, 2.24) is 9.97 Å². The summed E-state index contributed by atoms with van der Waals surface area (Å²) in [5, 5.41) is 3.23. The van der Waals surface area contributed by atoms with Crippen LogP contribution in [-0.4, -0.2) is 36.1 Å². The largest absolute Gasteiger partial charge is 0.465 e. The lowest BCUT2D eigenvalue weighted by atomic mass is 10.2. The molecule has 1 saturated heterocycles. The Morgan fingerprint density at radius 2 is 1.96 bits per heavy atom. The van der Waals surface area contributed by atoms with Gasteiger partial charge in [0.2, 0.25) is 5.95 Å². The summed E-state index contributed by atoms with van der Waals surface area (Å²) in [4.78, 5) is 22.9. The highest BCUT2D eigenvalue weighted by Crippen LogP contribution is 2.20. The molecule has 2 heterocycles. The van der Waals surface area contributed by atoms with Crippen LogP contribution in [0.3, 0.4) is 0 Å². The van der Waals surface area contributed by atoms with Crippen molar-refractivity contribution in [3.63, 3.8) is 0 Å². The van der Waals surface area contributed by atoms with E-state index in [1.807, 2.05) is 18.2 Å². The van der Waals surface area contributed by atoms with E-state index < -0.39 is 0 Å². The van der Waals surface area contributed by atoms with E-state index in [2.05, 4.69) is 20.2 Å². The van der Waals surface area contributed by atoms with E-state index in [9.17, 15) is 4.79 Å². The molecular formula is C18H22N4O2. The molecule has 1 aliphatic heterocycles. The van der Waals surface area contributed by atoms with Gasteiger partial charge in [-0.2, -0.15) is 4.98 Å². The summed E-state index contributed by atoms with van der Waals surface area (Å²) >= 11 is 0. The van der Waals surface area contributed by atoms with Crippen molar-refractivity contribution in [3.05, 3.63) is 42.1 Å². The minimum absolute atomic E-state index is 0.355. The molecule has 0 radical (unpaired) electrons. The first-order valence-corrected chi connectivity index (χ1v) is 8.29. The highest BCUT2D eigenvalue weighted by atomic mass is 16.5. The molecule has 0 saturated carbocycles. The molecule has 1 fully saturated rings. The number of carbonyl (C=O) groups is 1. The van der Waals surface area contributed by atoms with Crippen LogP contribution in [0.1, 0.15) is 36.0 Å². The highest BCUT2D eigenvalue weighted by Gasteiger charge is 2.13. The fourth-order valence-corrected chi connectivity index (χ4v) is 2.83. The summed E-state index contributed by atoms with van der Waals surface area (Å²) in [5.41, 5.74) is 1.29. The van der Waals surface area contributed by atoms with Crippen molar-refractivity contribution in [3.8, 4) is 0 Å². The lowest BCUT2D eigenvalue weighted by Gasteiger charge is -2.20. The number of carbonyl (C=O) groups excluding carboxylic acids is 1. The Hall–Kier alpha value is -2.63. The zero-order chi connectivity index (χ0) is 16.8. The molecule has 1 aliphatic rings.